The molecule has 2 rings (SSSR count). The molecule has 1 aromatic heterocycles. The monoisotopic (exact) mass is 226 g/mol. The summed E-state index contributed by atoms with van der Waals surface area (Å²) in [7, 11) is 0. The minimum absolute atomic E-state index is 0.0227. The molecule has 8 nitrogen and oxygen atoms in total. The smallest absolute Gasteiger partial charge is 0.334 e. The number of aliphatic carboxylic acids is 1. The summed E-state index contributed by atoms with van der Waals surface area (Å²) in [5, 5.41) is 14.8. The Morgan fingerprint density at radius 2 is 2.44 bits per heavy atom. The Hall–Kier alpha value is -1.96. The lowest BCUT2D eigenvalue weighted by Gasteiger charge is -2.30. The molecule has 1 unspecified atom stereocenters. The molecule has 0 bridgehead atoms. The molecular weight excluding hydrogens is 216 g/mol. The first-order valence-corrected chi connectivity index (χ1v) is 4.67. The standard InChI is InChI=1S/C8H10N4O4/c13-7(6-9-4-10-11-6)12-1-2-16-5(3-12)8(14)15/h4-5H,1-3H2,(H,14,15)(H,9,10,11). The van der Waals surface area contributed by atoms with Crippen molar-refractivity contribution in [2.24, 2.45) is 0 Å². The molecule has 2 N–H and O–H groups in total. The summed E-state index contributed by atoms with van der Waals surface area (Å²) in [5.74, 6) is -1.34. The zero-order valence-corrected chi connectivity index (χ0v) is 8.29. The van der Waals surface area contributed by atoms with E-state index in [2.05, 4.69) is 15.2 Å². The molecule has 0 saturated carbocycles. The number of carboxylic acids is 1. The highest BCUT2D eigenvalue weighted by Crippen LogP contribution is 2.08. The highest BCUT2D eigenvalue weighted by molar-refractivity contribution is 5.90. The second-order valence-electron chi connectivity index (χ2n) is 3.28. The van der Waals surface area contributed by atoms with Crippen molar-refractivity contribution in [3.8, 4) is 0 Å². The van der Waals surface area contributed by atoms with Crippen LogP contribution in [0.15, 0.2) is 6.33 Å². The maximum Gasteiger partial charge on any atom is 0.334 e. The summed E-state index contributed by atoms with van der Waals surface area (Å²) in [4.78, 5) is 27.6. The van der Waals surface area contributed by atoms with E-state index >= 15 is 0 Å². The van der Waals surface area contributed by atoms with Crippen LogP contribution in [0.5, 0.6) is 0 Å². The molecule has 1 amide bonds. The van der Waals surface area contributed by atoms with Gasteiger partial charge in [0, 0.05) is 6.54 Å². The molecule has 0 radical (unpaired) electrons. The Morgan fingerprint density at radius 1 is 1.62 bits per heavy atom. The van der Waals surface area contributed by atoms with E-state index in [9.17, 15) is 9.59 Å². The van der Waals surface area contributed by atoms with Crippen molar-refractivity contribution in [2.45, 2.75) is 6.10 Å². The van der Waals surface area contributed by atoms with Crippen molar-refractivity contribution < 1.29 is 19.4 Å². The van der Waals surface area contributed by atoms with Crippen LogP contribution in [-0.2, 0) is 9.53 Å². The minimum atomic E-state index is -1.07. The molecule has 1 aromatic rings. The summed E-state index contributed by atoms with van der Waals surface area (Å²) in [6.07, 6.45) is 0.253. The van der Waals surface area contributed by atoms with Gasteiger partial charge in [0.25, 0.3) is 5.91 Å². The van der Waals surface area contributed by atoms with Gasteiger partial charge in [-0.25, -0.2) is 9.78 Å². The Kier molecular flexibility index (Phi) is 2.82. The third kappa shape index (κ3) is 2.01. The predicted octanol–water partition coefficient (Wildman–Crippen LogP) is -1.27. The van der Waals surface area contributed by atoms with Crippen LogP contribution in [0.3, 0.4) is 0 Å². The fourth-order valence-corrected chi connectivity index (χ4v) is 1.44. The molecular formula is C8H10N4O4. The first-order chi connectivity index (χ1) is 7.68. The van der Waals surface area contributed by atoms with E-state index in [0.717, 1.165) is 0 Å². The van der Waals surface area contributed by atoms with E-state index in [1.807, 2.05) is 0 Å². The minimum Gasteiger partial charge on any atom is -0.479 e. The number of carbonyl (C=O) groups is 2. The van der Waals surface area contributed by atoms with Crippen LogP contribution >= 0.6 is 0 Å². The van der Waals surface area contributed by atoms with E-state index in [0.29, 0.717) is 6.54 Å². The van der Waals surface area contributed by atoms with Gasteiger partial charge in [-0.15, -0.1) is 0 Å². The molecule has 1 aliphatic rings. The second kappa shape index (κ2) is 4.27. The van der Waals surface area contributed by atoms with Crippen LogP contribution in [0.4, 0.5) is 0 Å². The fraction of sp³-hybridized carbons (Fsp3) is 0.500. The molecule has 0 aromatic carbocycles. The van der Waals surface area contributed by atoms with Gasteiger partial charge in [0.2, 0.25) is 5.82 Å². The molecule has 8 heteroatoms. The summed E-state index contributed by atoms with van der Waals surface area (Å²) in [5.41, 5.74) is 0. The number of hydrogen-bond acceptors (Lipinski definition) is 5. The van der Waals surface area contributed by atoms with E-state index in [4.69, 9.17) is 9.84 Å². The largest absolute Gasteiger partial charge is 0.479 e. The van der Waals surface area contributed by atoms with Gasteiger partial charge in [-0.05, 0) is 0 Å². The Morgan fingerprint density at radius 3 is 3.06 bits per heavy atom. The molecule has 2 heterocycles. The van der Waals surface area contributed by atoms with E-state index in [-0.39, 0.29) is 24.9 Å². The number of rotatable bonds is 2. The van der Waals surface area contributed by atoms with Gasteiger partial charge in [-0.3, -0.25) is 9.89 Å². The van der Waals surface area contributed by atoms with Crippen LogP contribution in [-0.4, -0.2) is 62.9 Å². The van der Waals surface area contributed by atoms with Crippen molar-refractivity contribution in [1.82, 2.24) is 20.1 Å². The number of nitrogens with zero attached hydrogens (tertiary/aromatic N) is 3. The second-order valence-corrected chi connectivity index (χ2v) is 3.28. The molecule has 0 aliphatic carbocycles. The Balaban J connectivity index is 2.05. The number of amides is 1. The average Bonchev–Trinajstić information content (AvgIpc) is 2.81. The number of H-pyrrole nitrogens is 1. The number of aromatic nitrogens is 3. The number of carbonyl (C=O) groups excluding carboxylic acids is 1. The Bertz CT molecular complexity index is 391. The lowest BCUT2D eigenvalue weighted by molar-refractivity contribution is -0.154. The van der Waals surface area contributed by atoms with Gasteiger partial charge >= 0.3 is 5.97 Å². The molecule has 16 heavy (non-hydrogen) atoms. The van der Waals surface area contributed by atoms with Gasteiger partial charge in [-0.2, -0.15) is 5.10 Å². The van der Waals surface area contributed by atoms with Crippen LogP contribution in [0.2, 0.25) is 0 Å². The van der Waals surface area contributed by atoms with Gasteiger partial charge in [0.05, 0.1) is 13.2 Å². The maximum atomic E-state index is 11.8. The molecule has 1 aliphatic heterocycles. The highest BCUT2D eigenvalue weighted by atomic mass is 16.5. The fourth-order valence-electron chi connectivity index (χ4n) is 1.44. The van der Waals surface area contributed by atoms with Crippen molar-refractivity contribution in [2.75, 3.05) is 19.7 Å². The molecule has 1 saturated heterocycles. The first kappa shape index (κ1) is 10.6. The maximum absolute atomic E-state index is 11.8. The van der Waals surface area contributed by atoms with E-state index in [1.54, 1.807) is 0 Å². The SMILES string of the molecule is O=C(O)C1CN(C(=O)c2ncn[nH]2)CCO1. The predicted molar refractivity (Wildman–Crippen MR) is 49.7 cm³/mol. The highest BCUT2D eigenvalue weighted by Gasteiger charge is 2.30. The van der Waals surface area contributed by atoms with Gasteiger partial charge in [0.1, 0.15) is 6.33 Å². The number of nitrogens with one attached hydrogen (secondary N) is 1. The van der Waals surface area contributed by atoms with E-state index < -0.39 is 12.1 Å². The average molecular weight is 226 g/mol. The summed E-state index contributed by atoms with van der Waals surface area (Å²) in [6.45, 7) is 0.578. The number of ether oxygens (including phenoxy) is 1. The quantitative estimate of drug-likeness (QED) is 0.650. The third-order valence-electron chi connectivity index (χ3n) is 2.25. The number of carboxylic acid groups (broad SMARTS) is 1. The van der Waals surface area contributed by atoms with Crippen molar-refractivity contribution in [3.05, 3.63) is 12.2 Å². The van der Waals surface area contributed by atoms with Crippen molar-refractivity contribution in [3.63, 3.8) is 0 Å². The lowest BCUT2D eigenvalue weighted by atomic mass is 10.2. The van der Waals surface area contributed by atoms with Crippen molar-refractivity contribution in [1.29, 1.82) is 0 Å². The number of aromatic amines is 1. The first-order valence-electron chi connectivity index (χ1n) is 4.67. The molecule has 1 fully saturated rings. The topological polar surface area (TPSA) is 108 Å². The summed E-state index contributed by atoms with van der Waals surface area (Å²) >= 11 is 0. The van der Waals surface area contributed by atoms with Crippen LogP contribution in [0, 0.1) is 0 Å². The molecule has 1 atom stereocenters. The zero-order chi connectivity index (χ0) is 11.5. The third-order valence-corrected chi connectivity index (χ3v) is 2.25. The molecule has 0 spiro atoms. The number of hydrogen-bond donors (Lipinski definition) is 2. The van der Waals surface area contributed by atoms with Gasteiger partial charge in [0.15, 0.2) is 6.10 Å². The van der Waals surface area contributed by atoms with Gasteiger partial charge in [-0.1, -0.05) is 0 Å². The zero-order valence-electron chi connectivity index (χ0n) is 8.29. The van der Waals surface area contributed by atoms with Crippen molar-refractivity contribution >= 4 is 11.9 Å². The van der Waals surface area contributed by atoms with Gasteiger partial charge < -0.3 is 14.7 Å². The van der Waals surface area contributed by atoms with E-state index in [1.165, 1.54) is 11.2 Å². The lowest BCUT2D eigenvalue weighted by Crippen LogP contribution is -2.48. The number of morpholine rings is 1. The summed E-state index contributed by atoms with van der Waals surface area (Å²) in [6, 6.07) is 0. The summed E-state index contributed by atoms with van der Waals surface area (Å²) < 4.78 is 5.00. The normalized spacial score (nSPS) is 20.8. The Labute approximate surface area is 90.2 Å². The van der Waals surface area contributed by atoms with Crippen LogP contribution in [0.1, 0.15) is 10.6 Å². The van der Waals surface area contributed by atoms with Crippen LogP contribution in [0.25, 0.3) is 0 Å². The van der Waals surface area contributed by atoms with Crippen LogP contribution < -0.4 is 0 Å². The molecule has 86 valence electrons.